The van der Waals surface area contributed by atoms with Gasteiger partial charge in [-0.2, -0.15) is 15.0 Å². The molecule has 2 rings (SSSR count). The molecular formula is C9H14N6O2. The molecule has 0 saturated carbocycles. The predicted octanol–water partition coefficient (Wildman–Crippen LogP) is -1.08. The average Bonchev–Trinajstić information content (AvgIpc) is 2.77. The number of carbonyl (C=O) groups excluding carboxylic acids is 1. The number of nitrogens with zero attached hydrogens (tertiary/aromatic N) is 4. The van der Waals surface area contributed by atoms with E-state index >= 15 is 0 Å². The van der Waals surface area contributed by atoms with Crippen LogP contribution in [0.15, 0.2) is 0 Å². The molecule has 1 aromatic rings. The van der Waals surface area contributed by atoms with Gasteiger partial charge in [0.25, 0.3) is 0 Å². The highest BCUT2D eigenvalue weighted by molar-refractivity contribution is 5.83. The van der Waals surface area contributed by atoms with Gasteiger partial charge in [-0.15, -0.1) is 0 Å². The fourth-order valence-corrected chi connectivity index (χ4v) is 1.88. The standard InChI is InChI=1S/C9H14N6O2/c1-17-9-13-7(11)12-8(14-9)15-4-2-3-5(15)6(10)16/h5H,2-4H2,1H3,(H2,10,16)(H2,11,12,13,14). The number of amides is 1. The summed E-state index contributed by atoms with van der Waals surface area (Å²) < 4.78 is 4.91. The van der Waals surface area contributed by atoms with Crippen molar-refractivity contribution in [2.75, 3.05) is 24.3 Å². The number of rotatable bonds is 3. The number of methoxy groups -OCH3 is 1. The first-order valence-electron chi connectivity index (χ1n) is 5.23. The zero-order valence-corrected chi connectivity index (χ0v) is 9.46. The van der Waals surface area contributed by atoms with Gasteiger partial charge >= 0.3 is 6.01 Å². The van der Waals surface area contributed by atoms with E-state index in [1.807, 2.05) is 0 Å². The van der Waals surface area contributed by atoms with Crippen molar-refractivity contribution in [3.05, 3.63) is 0 Å². The second kappa shape index (κ2) is 4.40. The third-order valence-corrected chi connectivity index (χ3v) is 2.64. The van der Waals surface area contributed by atoms with Crippen molar-refractivity contribution < 1.29 is 9.53 Å². The van der Waals surface area contributed by atoms with Gasteiger partial charge in [0.15, 0.2) is 0 Å². The van der Waals surface area contributed by atoms with Gasteiger partial charge in [0, 0.05) is 6.54 Å². The predicted molar refractivity (Wildman–Crippen MR) is 60.4 cm³/mol. The van der Waals surface area contributed by atoms with Gasteiger partial charge in [-0.25, -0.2) is 0 Å². The summed E-state index contributed by atoms with van der Waals surface area (Å²) in [5.74, 6) is -0.00179. The highest BCUT2D eigenvalue weighted by Gasteiger charge is 2.31. The lowest BCUT2D eigenvalue weighted by Gasteiger charge is -2.21. The molecular weight excluding hydrogens is 224 g/mol. The van der Waals surface area contributed by atoms with Gasteiger partial charge in [-0.05, 0) is 12.8 Å². The zero-order chi connectivity index (χ0) is 12.4. The van der Waals surface area contributed by atoms with E-state index in [0.717, 1.165) is 6.42 Å². The number of hydrogen-bond acceptors (Lipinski definition) is 7. The number of nitrogens with two attached hydrogens (primary N) is 2. The summed E-state index contributed by atoms with van der Waals surface area (Å²) in [6.07, 6.45) is 1.56. The molecule has 1 aliphatic rings. The van der Waals surface area contributed by atoms with E-state index in [4.69, 9.17) is 16.2 Å². The molecule has 0 bridgehead atoms. The van der Waals surface area contributed by atoms with Crippen molar-refractivity contribution in [1.29, 1.82) is 0 Å². The maximum absolute atomic E-state index is 11.3. The molecule has 4 N–H and O–H groups in total. The van der Waals surface area contributed by atoms with Crippen LogP contribution in [0.2, 0.25) is 0 Å². The molecule has 17 heavy (non-hydrogen) atoms. The molecule has 0 aliphatic carbocycles. The fourth-order valence-electron chi connectivity index (χ4n) is 1.88. The Labute approximate surface area is 98.0 Å². The van der Waals surface area contributed by atoms with Crippen molar-refractivity contribution in [2.45, 2.75) is 18.9 Å². The average molecular weight is 238 g/mol. The van der Waals surface area contributed by atoms with E-state index in [1.54, 1.807) is 4.90 Å². The molecule has 1 unspecified atom stereocenters. The number of primary amides is 1. The van der Waals surface area contributed by atoms with E-state index in [2.05, 4.69) is 15.0 Å². The minimum atomic E-state index is -0.388. The summed E-state index contributed by atoms with van der Waals surface area (Å²) in [5.41, 5.74) is 10.9. The molecule has 1 aromatic heterocycles. The Balaban J connectivity index is 2.32. The summed E-state index contributed by atoms with van der Waals surface area (Å²) in [6, 6.07) is -0.260. The van der Waals surface area contributed by atoms with E-state index in [9.17, 15) is 4.79 Å². The van der Waals surface area contributed by atoms with E-state index in [1.165, 1.54) is 7.11 Å². The van der Waals surface area contributed by atoms with Crippen LogP contribution in [0.4, 0.5) is 11.9 Å². The van der Waals surface area contributed by atoms with Crippen LogP contribution in [0.25, 0.3) is 0 Å². The first-order valence-corrected chi connectivity index (χ1v) is 5.23. The lowest BCUT2D eigenvalue weighted by molar-refractivity contribution is -0.119. The number of anilines is 2. The SMILES string of the molecule is COc1nc(N)nc(N2CCCC2C(N)=O)n1. The Bertz CT molecular complexity index is 437. The van der Waals surface area contributed by atoms with E-state index in [-0.39, 0.29) is 23.9 Å². The Hall–Kier alpha value is -2.12. The number of aromatic nitrogens is 3. The maximum atomic E-state index is 11.3. The van der Waals surface area contributed by atoms with Gasteiger partial charge in [-0.1, -0.05) is 0 Å². The third-order valence-electron chi connectivity index (χ3n) is 2.64. The number of ether oxygens (including phenoxy) is 1. The van der Waals surface area contributed by atoms with Crippen LogP contribution in [0, 0.1) is 0 Å². The first-order chi connectivity index (χ1) is 8.11. The fraction of sp³-hybridized carbons (Fsp3) is 0.556. The first kappa shape index (κ1) is 11.4. The van der Waals surface area contributed by atoms with Gasteiger partial charge in [0.1, 0.15) is 6.04 Å². The number of hydrogen-bond donors (Lipinski definition) is 2. The van der Waals surface area contributed by atoms with Crippen molar-refractivity contribution in [3.8, 4) is 6.01 Å². The maximum Gasteiger partial charge on any atom is 0.322 e. The quantitative estimate of drug-likeness (QED) is 0.686. The molecule has 0 aromatic carbocycles. The lowest BCUT2D eigenvalue weighted by Crippen LogP contribution is -2.41. The molecule has 92 valence electrons. The van der Waals surface area contributed by atoms with Gasteiger partial charge < -0.3 is 21.1 Å². The summed E-state index contributed by atoms with van der Waals surface area (Å²) >= 11 is 0. The summed E-state index contributed by atoms with van der Waals surface area (Å²) in [7, 11) is 1.44. The molecule has 0 spiro atoms. The molecule has 1 saturated heterocycles. The lowest BCUT2D eigenvalue weighted by atomic mass is 10.2. The number of carbonyl (C=O) groups is 1. The van der Waals surface area contributed by atoms with Crippen molar-refractivity contribution in [3.63, 3.8) is 0 Å². The summed E-state index contributed by atoms with van der Waals surface area (Å²) in [4.78, 5) is 24.8. The zero-order valence-electron chi connectivity index (χ0n) is 9.46. The van der Waals surface area contributed by atoms with Crippen molar-refractivity contribution >= 4 is 17.8 Å². The minimum Gasteiger partial charge on any atom is -0.467 e. The highest BCUT2D eigenvalue weighted by atomic mass is 16.5. The van der Waals surface area contributed by atoms with Crippen LogP contribution in [0.1, 0.15) is 12.8 Å². The second-order valence-corrected chi connectivity index (χ2v) is 3.73. The van der Waals surface area contributed by atoms with E-state index in [0.29, 0.717) is 18.9 Å². The molecule has 8 heteroatoms. The van der Waals surface area contributed by atoms with Crippen LogP contribution in [0.5, 0.6) is 6.01 Å². The summed E-state index contributed by atoms with van der Waals surface area (Å²) in [5, 5.41) is 0. The second-order valence-electron chi connectivity index (χ2n) is 3.73. The molecule has 1 aliphatic heterocycles. The molecule has 1 atom stereocenters. The van der Waals surface area contributed by atoms with Crippen LogP contribution >= 0.6 is 0 Å². The number of nitrogen functional groups attached to an aromatic ring is 1. The van der Waals surface area contributed by atoms with Gasteiger partial charge in [-0.3, -0.25) is 4.79 Å². The Morgan fingerprint density at radius 2 is 2.24 bits per heavy atom. The molecule has 1 amide bonds. The van der Waals surface area contributed by atoms with Gasteiger partial charge in [0.2, 0.25) is 17.8 Å². The van der Waals surface area contributed by atoms with Crippen LogP contribution < -0.4 is 21.1 Å². The molecule has 0 radical (unpaired) electrons. The smallest absolute Gasteiger partial charge is 0.322 e. The third kappa shape index (κ3) is 2.19. The molecule has 8 nitrogen and oxygen atoms in total. The Morgan fingerprint density at radius 1 is 1.47 bits per heavy atom. The van der Waals surface area contributed by atoms with Crippen molar-refractivity contribution in [2.24, 2.45) is 5.73 Å². The van der Waals surface area contributed by atoms with Crippen molar-refractivity contribution in [1.82, 2.24) is 15.0 Å². The van der Waals surface area contributed by atoms with Crippen LogP contribution in [-0.4, -0.2) is 40.6 Å². The largest absolute Gasteiger partial charge is 0.467 e. The normalized spacial score (nSPS) is 19.4. The van der Waals surface area contributed by atoms with Gasteiger partial charge in [0.05, 0.1) is 7.11 Å². The minimum absolute atomic E-state index is 0.0574. The highest BCUT2D eigenvalue weighted by Crippen LogP contribution is 2.23. The Kier molecular flexibility index (Phi) is 2.94. The summed E-state index contributed by atoms with van der Waals surface area (Å²) in [6.45, 7) is 0.667. The molecule has 1 fully saturated rings. The molecule has 2 heterocycles. The Morgan fingerprint density at radius 3 is 2.88 bits per heavy atom. The monoisotopic (exact) mass is 238 g/mol. The van der Waals surface area contributed by atoms with Crippen LogP contribution in [0.3, 0.4) is 0 Å². The van der Waals surface area contributed by atoms with E-state index < -0.39 is 0 Å². The topological polar surface area (TPSA) is 120 Å². The van der Waals surface area contributed by atoms with Crippen LogP contribution in [-0.2, 0) is 4.79 Å².